The lowest BCUT2D eigenvalue weighted by Gasteiger charge is -2.21. The lowest BCUT2D eigenvalue weighted by Crippen LogP contribution is -2.36. The van der Waals surface area contributed by atoms with Crippen LogP contribution in [-0.2, 0) is 20.9 Å². The number of ether oxygens (including phenoxy) is 1. The second kappa shape index (κ2) is 8.71. The minimum absolute atomic E-state index is 0.279. The Labute approximate surface area is 168 Å². The lowest BCUT2D eigenvalue weighted by atomic mass is 10.2. The Morgan fingerprint density at radius 3 is 2.68 bits per heavy atom. The number of pyridine rings is 1. The lowest BCUT2D eigenvalue weighted by molar-refractivity contribution is -0.154. The predicted molar refractivity (Wildman–Crippen MR) is 108 cm³/mol. The molecule has 0 aliphatic carbocycles. The summed E-state index contributed by atoms with van der Waals surface area (Å²) in [7, 11) is 1.67. The Balaban J connectivity index is 1.61. The van der Waals surface area contributed by atoms with Gasteiger partial charge >= 0.3 is 5.97 Å². The molecule has 0 bridgehead atoms. The van der Waals surface area contributed by atoms with E-state index in [1.165, 1.54) is 17.1 Å². The Hall–Kier alpha value is -3.12. The standard InChI is InChI=1S/C21H20ClN3O3/c1-15(21(27)24(2)14-16-8-4-3-5-9-16)28-19(26)12-11-17-20(22)23-18-10-6-7-13-25(17)18/h3-13,15H,14H2,1-2H3/b12-11+/t15-/m1/s1. The van der Waals surface area contributed by atoms with Gasteiger partial charge in [-0.25, -0.2) is 9.78 Å². The summed E-state index contributed by atoms with van der Waals surface area (Å²) in [5.74, 6) is -0.908. The maximum absolute atomic E-state index is 12.4. The third-order valence-electron chi connectivity index (χ3n) is 4.18. The molecule has 0 aliphatic heterocycles. The second-order valence-corrected chi connectivity index (χ2v) is 6.67. The topological polar surface area (TPSA) is 63.9 Å². The van der Waals surface area contributed by atoms with Crippen LogP contribution in [0, 0.1) is 0 Å². The Bertz CT molecular complexity index is 1010. The smallest absolute Gasteiger partial charge is 0.331 e. The fourth-order valence-electron chi connectivity index (χ4n) is 2.79. The molecule has 0 saturated carbocycles. The molecule has 1 amide bonds. The van der Waals surface area contributed by atoms with Crippen molar-refractivity contribution in [3.8, 4) is 0 Å². The molecule has 0 radical (unpaired) electrons. The highest BCUT2D eigenvalue weighted by atomic mass is 35.5. The number of halogens is 1. The molecular formula is C21H20ClN3O3. The van der Waals surface area contributed by atoms with Crippen LogP contribution in [0.2, 0.25) is 5.15 Å². The minimum Gasteiger partial charge on any atom is -0.449 e. The van der Waals surface area contributed by atoms with Crippen LogP contribution in [0.25, 0.3) is 11.7 Å². The summed E-state index contributed by atoms with van der Waals surface area (Å²) in [4.78, 5) is 30.3. The van der Waals surface area contributed by atoms with Gasteiger partial charge in [0.25, 0.3) is 5.91 Å². The molecule has 144 valence electrons. The number of nitrogens with zero attached hydrogens (tertiary/aromatic N) is 3. The molecule has 7 heteroatoms. The molecule has 1 atom stereocenters. The number of carbonyl (C=O) groups excluding carboxylic acids is 2. The molecule has 2 heterocycles. The van der Waals surface area contributed by atoms with Crippen molar-refractivity contribution in [1.82, 2.24) is 14.3 Å². The van der Waals surface area contributed by atoms with E-state index in [1.54, 1.807) is 24.6 Å². The Kier molecular flexibility index (Phi) is 6.11. The zero-order chi connectivity index (χ0) is 20.1. The zero-order valence-corrected chi connectivity index (χ0v) is 16.3. The van der Waals surface area contributed by atoms with Gasteiger partial charge < -0.3 is 9.64 Å². The summed E-state index contributed by atoms with van der Waals surface area (Å²) in [6, 6.07) is 15.1. The first kappa shape index (κ1) is 19.6. The number of amides is 1. The molecular weight excluding hydrogens is 378 g/mol. The quantitative estimate of drug-likeness (QED) is 0.471. The maximum atomic E-state index is 12.4. The number of esters is 1. The van der Waals surface area contributed by atoms with Crippen LogP contribution in [-0.4, -0.2) is 39.3 Å². The summed E-state index contributed by atoms with van der Waals surface area (Å²) >= 11 is 6.13. The van der Waals surface area contributed by atoms with E-state index in [0.29, 0.717) is 17.9 Å². The van der Waals surface area contributed by atoms with E-state index in [4.69, 9.17) is 16.3 Å². The number of hydrogen-bond acceptors (Lipinski definition) is 4. The third-order valence-corrected chi connectivity index (χ3v) is 4.46. The van der Waals surface area contributed by atoms with Crippen LogP contribution in [0.15, 0.2) is 60.8 Å². The van der Waals surface area contributed by atoms with E-state index in [-0.39, 0.29) is 11.1 Å². The summed E-state index contributed by atoms with van der Waals surface area (Å²) < 4.78 is 6.99. The summed E-state index contributed by atoms with van der Waals surface area (Å²) in [5, 5.41) is 0.280. The fourth-order valence-corrected chi connectivity index (χ4v) is 3.03. The van der Waals surface area contributed by atoms with Gasteiger partial charge in [-0.1, -0.05) is 48.0 Å². The largest absolute Gasteiger partial charge is 0.449 e. The van der Waals surface area contributed by atoms with Gasteiger partial charge in [0.15, 0.2) is 11.3 Å². The van der Waals surface area contributed by atoms with Crippen LogP contribution in [0.1, 0.15) is 18.2 Å². The number of imidazole rings is 1. The summed E-state index contributed by atoms with van der Waals surface area (Å²) in [6.07, 6.45) is 3.66. The summed E-state index contributed by atoms with van der Waals surface area (Å²) in [5.41, 5.74) is 2.24. The van der Waals surface area contributed by atoms with E-state index >= 15 is 0 Å². The number of fused-ring (bicyclic) bond motifs is 1. The van der Waals surface area contributed by atoms with E-state index in [2.05, 4.69) is 4.98 Å². The summed E-state index contributed by atoms with van der Waals surface area (Å²) in [6.45, 7) is 1.99. The van der Waals surface area contributed by atoms with Gasteiger partial charge in [0.2, 0.25) is 0 Å². The average Bonchev–Trinajstić information content (AvgIpc) is 3.01. The third kappa shape index (κ3) is 4.58. The molecule has 0 saturated heterocycles. The molecule has 0 aliphatic rings. The highest BCUT2D eigenvalue weighted by molar-refractivity contribution is 6.31. The Morgan fingerprint density at radius 1 is 1.21 bits per heavy atom. The number of benzene rings is 1. The normalized spacial score (nSPS) is 12.2. The number of likely N-dealkylation sites (N-methyl/N-ethyl adjacent to an activating group) is 1. The van der Waals surface area contributed by atoms with Crippen LogP contribution in [0.4, 0.5) is 0 Å². The fraction of sp³-hybridized carbons (Fsp3) is 0.190. The monoisotopic (exact) mass is 397 g/mol. The van der Waals surface area contributed by atoms with Crippen molar-refractivity contribution in [3.05, 3.63) is 77.2 Å². The number of aromatic nitrogens is 2. The van der Waals surface area contributed by atoms with Crippen molar-refractivity contribution in [2.75, 3.05) is 7.05 Å². The molecule has 3 aromatic rings. The van der Waals surface area contributed by atoms with Gasteiger partial charge in [0.05, 0.1) is 5.69 Å². The first-order valence-corrected chi connectivity index (χ1v) is 9.13. The van der Waals surface area contributed by atoms with Crippen molar-refractivity contribution < 1.29 is 14.3 Å². The SMILES string of the molecule is C[C@@H](OC(=O)/C=C/c1c(Cl)nc2ccccn12)C(=O)N(C)Cc1ccccc1. The average molecular weight is 398 g/mol. The van der Waals surface area contributed by atoms with Gasteiger partial charge in [-0.2, -0.15) is 0 Å². The molecule has 1 aromatic carbocycles. The highest BCUT2D eigenvalue weighted by Crippen LogP contribution is 2.19. The van der Waals surface area contributed by atoms with Gasteiger partial charge in [0, 0.05) is 25.9 Å². The van der Waals surface area contributed by atoms with Crippen LogP contribution in [0.5, 0.6) is 0 Å². The number of carbonyl (C=O) groups is 2. The molecule has 0 unspecified atom stereocenters. The maximum Gasteiger partial charge on any atom is 0.331 e. The number of rotatable bonds is 6. The van der Waals surface area contributed by atoms with Crippen LogP contribution in [0.3, 0.4) is 0 Å². The van der Waals surface area contributed by atoms with Gasteiger partial charge in [-0.15, -0.1) is 0 Å². The van der Waals surface area contributed by atoms with Crippen molar-refractivity contribution >= 4 is 35.2 Å². The van der Waals surface area contributed by atoms with E-state index < -0.39 is 12.1 Å². The number of hydrogen-bond donors (Lipinski definition) is 0. The second-order valence-electron chi connectivity index (χ2n) is 6.31. The van der Waals surface area contributed by atoms with Gasteiger partial charge in [-0.3, -0.25) is 9.20 Å². The highest BCUT2D eigenvalue weighted by Gasteiger charge is 2.20. The van der Waals surface area contributed by atoms with Gasteiger partial charge in [-0.05, 0) is 30.7 Å². The predicted octanol–water partition coefficient (Wildman–Crippen LogP) is 3.59. The van der Waals surface area contributed by atoms with Crippen molar-refractivity contribution in [3.63, 3.8) is 0 Å². The first-order valence-electron chi connectivity index (χ1n) is 8.76. The molecule has 0 N–H and O–H groups in total. The molecule has 0 fully saturated rings. The first-order chi connectivity index (χ1) is 13.5. The molecule has 2 aromatic heterocycles. The zero-order valence-electron chi connectivity index (χ0n) is 15.6. The van der Waals surface area contributed by atoms with Crippen molar-refractivity contribution in [2.24, 2.45) is 0 Å². The van der Waals surface area contributed by atoms with E-state index in [9.17, 15) is 9.59 Å². The van der Waals surface area contributed by atoms with Gasteiger partial charge in [0.1, 0.15) is 5.65 Å². The van der Waals surface area contributed by atoms with Crippen LogP contribution < -0.4 is 0 Å². The molecule has 28 heavy (non-hydrogen) atoms. The van der Waals surface area contributed by atoms with Crippen LogP contribution >= 0.6 is 11.6 Å². The molecule has 6 nitrogen and oxygen atoms in total. The molecule has 0 spiro atoms. The minimum atomic E-state index is -0.900. The Morgan fingerprint density at radius 2 is 1.93 bits per heavy atom. The van der Waals surface area contributed by atoms with E-state index in [0.717, 1.165) is 5.56 Å². The van der Waals surface area contributed by atoms with E-state index in [1.807, 2.05) is 48.5 Å². The van der Waals surface area contributed by atoms with Crippen molar-refractivity contribution in [1.29, 1.82) is 0 Å². The molecule has 3 rings (SSSR count). The van der Waals surface area contributed by atoms with Crippen molar-refractivity contribution in [2.45, 2.75) is 19.6 Å².